The van der Waals surface area contributed by atoms with Crippen LogP contribution in [-0.4, -0.2) is 38.3 Å². The van der Waals surface area contributed by atoms with E-state index in [4.69, 9.17) is 5.11 Å². The molecule has 2 unspecified atom stereocenters. The standard InChI is InChI=1S/C11H18N2O3S2/c1-7(18(4)16)5-12-10-13-8(6-17-10)11(2,3)9(14)15/h6-7H,5H2,1-4H3,(H,12,13)(H,14,15). The lowest BCUT2D eigenvalue weighted by molar-refractivity contribution is -0.142. The fourth-order valence-electron chi connectivity index (χ4n) is 1.10. The Morgan fingerprint density at radius 2 is 2.28 bits per heavy atom. The van der Waals surface area contributed by atoms with E-state index in [0.717, 1.165) is 0 Å². The van der Waals surface area contributed by atoms with Crippen LogP contribution in [0.2, 0.25) is 0 Å². The fourth-order valence-corrected chi connectivity index (χ4v) is 2.31. The van der Waals surface area contributed by atoms with E-state index in [-0.39, 0.29) is 5.25 Å². The van der Waals surface area contributed by atoms with E-state index >= 15 is 0 Å². The molecular weight excluding hydrogens is 272 g/mol. The van der Waals surface area contributed by atoms with Gasteiger partial charge in [0.25, 0.3) is 0 Å². The molecule has 5 nitrogen and oxygen atoms in total. The smallest absolute Gasteiger partial charge is 0.315 e. The maximum absolute atomic E-state index is 11.2. The highest BCUT2D eigenvalue weighted by Crippen LogP contribution is 2.27. The summed E-state index contributed by atoms with van der Waals surface area (Å²) in [6, 6.07) is 0. The van der Waals surface area contributed by atoms with Crippen molar-refractivity contribution in [1.29, 1.82) is 0 Å². The van der Waals surface area contributed by atoms with Crippen LogP contribution < -0.4 is 5.32 Å². The first kappa shape index (κ1) is 15.1. The van der Waals surface area contributed by atoms with Gasteiger partial charge in [-0.15, -0.1) is 11.3 Å². The van der Waals surface area contributed by atoms with Crippen LogP contribution >= 0.6 is 11.3 Å². The summed E-state index contributed by atoms with van der Waals surface area (Å²) < 4.78 is 11.2. The zero-order chi connectivity index (χ0) is 13.9. The number of aromatic nitrogens is 1. The minimum absolute atomic E-state index is 0.0323. The highest BCUT2D eigenvalue weighted by atomic mass is 32.2. The lowest BCUT2D eigenvalue weighted by Crippen LogP contribution is -2.29. The van der Waals surface area contributed by atoms with Gasteiger partial charge in [0.05, 0.1) is 5.69 Å². The van der Waals surface area contributed by atoms with Gasteiger partial charge in [0, 0.05) is 34.2 Å². The molecule has 0 aromatic carbocycles. The van der Waals surface area contributed by atoms with Crippen molar-refractivity contribution in [3.05, 3.63) is 11.1 Å². The van der Waals surface area contributed by atoms with Crippen molar-refractivity contribution in [2.24, 2.45) is 0 Å². The van der Waals surface area contributed by atoms with Crippen LogP contribution in [0.1, 0.15) is 26.5 Å². The van der Waals surface area contributed by atoms with Crippen LogP contribution in [0.5, 0.6) is 0 Å². The van der Waals surface area contributed by atoms with Crippen molar-refractivity contribution >= 4 is 33.2 Å². The number of rotatable bonds is 6. The molecule has 0 saturated heterocycles. The Morgan fingerprint density at radius 1 is 1.67 bits per heavy atom. The van der Waals surface area contributed by atoms with Crippen LogP contribution in [0, 0.1) is 0 Å². The van der Waals surface area contributed by atoms with Crippen LogP contribution in [0.25, 0.3) is 0 Å². The summed E-state index contributed by atoms with van der Waals surface area (Å²) in [6.07, 6.45) is 1.66. The average molecular weight is 290 g/mol. The van der Waals surface area contributed by atoms with Gasteiger partial charge in [-0.1, -0.05) is 0 Å². The second kappa shape index (κ2) is 5.79. The topological polar surface area (TPSA) is 79.3 Å². The van der Waals surface area contributed by atoms with Gasteiger partial charge in [-0.25, -0.2) is 4.98 Å². The Kier molecular flexibility index (Phi) is 4.86. The number of hydrogen-bond acceptors (Lipinski definition) is 5. The van der Waals surface area contributed by atoms with Gasteiger partial charge < -0.3 is 10.4 Å². The molecule has 0 spiro atoms. The SMILES string of the molecule is CC(CNc1nc(C(C)(C)C(=O)O)cs1)S(C)=O. The van der Waals surface area contributed by atoms with Gasteiger partial charge >= 0.3 is 5.97 Å². The van der Waals surface area contributed by atoms with Crippen LogP contribution in [0.3, 0.4) is 0 Å². The molecule has 2 N–H and O–H groups in total. The molecule has 0 amide bonds. The Bertz CT molecular complexity index is 457. The maximum atomic E-state index is 11.2. The number of carboxylic acid groups (broad SMARTS) is 1. The average Bonchev–Trinajstić information content (AvgIpc) is 2.74. The highest BCUT2D eigenvalue weighted by Gasteiger charge is 2.32. The van der Waals surface area contributed by atoms with Gasteiger partial charge in [0.1, 0.15) is 5.41 Å². The molecule has 0 fully saturated rings. The predicted octanol–water partition coefficient (Wildman–Crippen LogP) is 1.68. The third-order valence-electron chi connectivity index (χ3n) is 2.79. The lowest BCUT2D eigenvalue weighted by Gasteiger charge is -2.15. The highest BCUT2D eigenvalue weighted by molar-refractivity contribution is 7.84. The van der Waals surface area contributed by atoms with Crippen LogP contribution in [0.4, 0.5) is 5.13 Å². The van der Waals surface area contributed by atoms with Crippen LogP contribution in [0.15, 0.2) is 5.38 Å². The number of carboxylic acids is 1. The zero-order valence-corrected chi connectivity index (χ0v) is 12.5. The van der Waals surface area contributed by atoms with Crippen molar-refractivity contribution in [2.75, 3.05) is 18.1 Å². The zero-order valence-electron chi connectivity index (χ0n) is 10.9. The van der Waals surface area contributed by atoms with Gasteiger partial charge in [0.2, 0.25) is 0 Å². The Labute approximate surface area is 113 Å². The molecule has 1 rings (SSSR count). The monoisotopic (exact) mass is 290 g/mol. The number of carbonyl (C=O) groups is 1. The molecule has 102 valence electrons. The summed E-state index contributed by atoms with van der Waals surface area (Å²) in [7, 11) is -0.881. The molecule has 0 aliphatic carbocycles. The van der Waals surface area contributed by atoms with E-state index < -0.39 is 22.2 Å². The molecule has 0 saturated carbocycles. The summed E-state index contributed by atoms with van der Waals surface area (Å²) in [5, 5.41) is 14.6. The molecule has 0 bridgehead atoms. The number of thiazole rings is 1. The largest absolute Gasteiger partial charge is 0.481 e. The van der Waals surface area contributed by atoms with Gasteiger partial charge in [-0.3, -0.25) is 9.00 Å². The second-order valence-corrected chi connectivity index (χ2v) is 7.32. The van der Waals surface area contributed by atoms with E-state index in [1.165, 1.54) is 11.3 Å². The Hall–Kier alpha value is -0.950. The molecule has 0 radical (unpaired) electrons. The molecule has 2 atom stereocenters. The van der Waals surface area contributed by atoms with E-state index in [0.29, 0.717) is 17.4 Å². The third kappa shape index (κ3) is 3.52. The first-order chi connectivity index (χ1) is 8.25. The van der Waals surface area contributed by atoms with Gasteiger partial charge in [0.15, 0.2) is 5.13 Å². The molecule has 1 heterocycles. The second-order valence-electron chi connectivity index (χ2n) is 4.66. The fraction of sp³-hybridized carbons (Fsp3) is 0.636. The van der Waals surface area contributed by atoms with Crippen LogP contribution in [-0.2, 0) is 21.0 Å². The minimum atomic E-state index is -0.990. The molecule has 1 aromatic rings. The minimum Gasteiger partial charge on any atom is -0.481 e. The van der Waals surface area contributed by atoms with Crippen molar-refractivity contribution in [2.45, 2.75) is 31.4 Å². The van der Waals surface area contributed by atoms with Crippen molar-refractivity contribution in [3.8, 4) is 0 Å². The summed E-state index contributed by atoms with van der Waals surface area (Å²) in [4.78, 5) is 15.4. The predicted molar refractivity (Wildman–Crippen MR) is 74.8 cm³/mol. The number of aliphatic carboxylic acids is 1. The molecule has 18 heavy (non-hydrogen) atoms. The normalized spacial score (nSPS) is 15.1. The number of nitrogens with one attached hydrogen (secondary N) is 1. The lowest BCUT2D eigenvalue weighted by atomic mass is 9.90. The summed E-state index contributed by atoms with van der Waals surface area (Å²) >= 11 is 1.36. The Morgan fingerprint density at radius 3 is 2.78 bits per heavy atom. The summed E-state index contributed by atoms with van der Waals surface area (Å²) in [5.74, 6) is -0.901. The number of nitrogens with zero attached hydrogens (tertiary/aromatic N) is 1. The van der Waals surface area contributed by atoms with E-state index in [1.54, 1.807) is 25.5 Å². The van der Waals surface area contributed by atoms with Crippen molar-refractivity contribution in [1.82, 2.24) is 4.98 Å². The number of anilines is 1. The molecule has 0 aliphatic heterocycles. The van der Waals surface area contributed by atoms with E-state index in [2.05, 4.69) is 10.3 Å². The molecule has 0 aliphatic rings. The number of hydrogen-bond donors (Lipinski definition) is 2. The van der Waals surface area contributed by atoms with Crippen molar-refractivity contribution < 1.29 is 14.1 Å². The molecule has 7 heteroatoms. The maximum Gasteiger partial charge on any atom is 0.315 e. The first-order valence-electron chi connectivity index (χ1n) is 5.50. The van der Waals surface area contributed by atoms with Gasteiger partial charge in [-0.2, -0.15) is 0 Å². The molecular formula is C11H18N2O3S2. The summed E-state index contributed by atoms with van der Waals surface area (Å²) in [5.41, 5.74) is -0.455. The summed E-state index contributed by atoms with van der Waals surface area (Å²) in [6.45, 7) is 5.69. The van der Waals surface area contributed by atoms with E-state index in [1.807, 2.05) is 6.92 Å². The quantitative estimate of drug-likeness (QED) is 0.833. The van der Waals surface area contributed by atoms with Crippen molar-refractivity contribution in [3.63, 3.8) is 0 Å². The van der Waals surface area contributed by atoms with Gasteiger partial charge in [-0.05, 0) is 20.8 Å². The first-order valence-corrected chi connectivity index (χ1v) is 8.00. The third-order valence-corrected chi connectivity index (χ3v) is 4.89. The van der Waals surface area contributed by atoms with E-state index in [9.17, 15) is 9.00 Å². The Balaban J connectivity index is 2.70. The molecule has 1 aromatic heterocycles.